The van der Waals surface area contributed by atoms with Crippen molar-refractivity contribution in [3.8, 4) is 22.9 Å². The van der Waals surface area contributed by atoms with E-state index < -0.39 is 22.2 Å². The first-order chi connectivity index (χ1) is 22.7. The van der Waals surface area contributed by atoms with Crippen molar-refractivity contribution in [1.82, 2.24) is 24.9 Å². The van der Waals surface area contributed by atoms with E-state index in [-0.39, 0.29) is 20.1 Å². The summed E-state index contributed by atoms with van der Waals surface area (Å²) in [7, 11) is -3.93. The molecule has 3 aromatic heterocycles. The summed E-state index contributed by atoms with van der Waals surface area (Å²) in [5.41, 5.74) is 3.88. The molecule has 1 radical (unpaired) electrons. The van der Waals surface area contributed by atoms with Crippen LogP contribution in [0, 0.1) is 6.07 Å². The van der Waals surface area contributed by atoms with Gasteiger partial charge in [-0.2, -0.15) is 0 Å². The van der Waals surface area contributed by atoms with Crippen molar-refractivity contribution in [3.63, 3.8) is 0 Å². The average Bonchev–Trinajstić information content (AvgIpc) is 3.56. The Hall–Kier alpha value is -3.69. The van der Waals surface area contributed by atoms with Gasteiger partial charge in [0.05, 0.1) is 16.1 Å². The molecule has 9 rings (SSSR count). The minimum absolute atomic E-state index is 0. The predicted octanol–water partition coefficient (Wildman–Crippen LogP) is 4.22. The SMILES string of the molecule is C[Si]1(C)c2[c-]c(-c3ccccn3)cc3c2P(=S)(c2ccccc21)c1ccccc1[Si]3(C)C.[Ir].c1cnc(-c2nc3ccccc3[n-]2)nc1. The normalized spacial score (nSPS) is 17.5. The van der Waals surface area contributed by atoms with E-state index in [1.807, 2.05) is 36.5 Å². The number of aromatic nitrogens is 5. The van der Waals surface area contributed by atoms with Gasteiger partial charge in [0.25, 0.3) is 0 Å². The van der Waals surface area contributed by atoms with Gasteiger partial charge in [0.1, 0.15) is 0 Å². The van der Waals surface area contributed by atoms with Crippen molar-refractivity contribution in [2.45, 2.75) is 26.2 Å². The van der Waals surface area contributed by atoms with Gasteiger partial charge in [0.15, 0.2) is 5.82 Å². The molecule has 0 aliphatic carbocycles. The van der Waals surface area contributed by atoms with Crippen LogP contribution in [0.4, 0.5) is 0 Å². The van der Waals surface area contributed by atoms with Crippen LogP contribution < -0.4 is 41.6 Å². The molecule has 5 nitrogen and oxygen atoms in total. The minimum atomic E-state index is -2.14. The molecule has 239 valence electrons. The Morgan fingerprint density at radius 1 is 0.667 bits per heavy atom. The molecule has 0 spiro atoms. The van der Waals surface area contributed by atoms with Gasteiger partial charge in [-0.3, -0.25) is 0 Å². The Morgan fingerprint density at radius 2 is 1.27 bits per heavy atom. The summed E-state index contributed by atoms with van der Waals surface area (Å²) in [6, 6.07) is 38.0. The van der Waals surface area contributed by atoms with E-state index in [1.54, 1.807) is 18.5 Å². The molecular weight excluding hydrogens is 838 g/mol. The van der Waals surface area contributed by atoms with Crippen LogP contribution in [0.2, 0.25) is 26.2 Å². The third kappa shape index (κ3) is 5.07. The zero-order valence-corrected chi connectivity index (χ0v) is 33.1. The van der Waals surface area contributed by atoms with Crippen LogP contribution in [-0.4, -0.2) is 36.1 Å². The number of nitrogens with zero attached hydrogens (tertiary/aromatic N) is 5. The minimum Gasteiger partial charge on any atom is -0.433 e. The summed E-state index contributed by atoms with van der Waals surface area (Å²) in [5, 5.41) is 10.3. The third-order valence-electron chi connectivity index (χ3n) is 9.53. The largest absolute Gasteiger partial charge is 0.433 e. The maximum absolute atomic E-state index is 6.84. The van der Waals surface area contributed by atoms with Crippen LogP contribution in [0.25, 0.3) is 33.9 Å². The second-order valence-corrected chi connectivity index (χ2v) is 25.9. The monoisotopic (exact) mass is 870 g/mol. The van der Waals surface area contributed by atoms with Gasteiger partial charge in [-0.15, -0.1) is 28.1 Å². The van der Waals surface area contributed by atoms with Gasteiger partial charge in [-0.25, -0.2) is 9.97 Å². The Balaban J connectivity index is 0.000000191. The van der Waals surface area contributed by atoms with E-state index in [0.29, 0.717) is 11.6 Å². The molecule has 10 heteroatoms. The average molecular weight is 870 g/mol. The number of hydrogen-bond acceptors (Lipinski definition) is 5. The molecule has 0 saturated heterocycles. The molecular formula is C38H32IrN5PSSi2-2. The quantitative estimate of drug-likeness (QED) is 0.148. The number of imidazole rings is 1. The van der Waals surface area contributed by atoms with Gasteiger partial charge < -0.3 is 15.0 Å². The second kappa shape index (κ2) is 12.3. The van der Waals surface area contributed by atoms with Gasteiger partial charge in [-0.05, 0) is 55.7 Å². The van der Waals surface area contributed by atoms with Gasteiger partial charge in [-0.1, -0.05) is 128 Å². The van der Waals surface area contributed by atoms with E-state index in [1.165, 1.54) is 36.7 Å². The van der Waals surface area contributed by atoms with Crippen LogP contribution in [0.3, 0.4) is 0 Å². The Bertz CT molecular complexity index is 2250. The van der Waals surface area contributed by atoms with Crippen LogP contribution in [0.5, 0.6) is 0 Å². The molecule has 5 heterocycles. The van der Waals surface area contributed by atoms with Gasteiger partial charge in [0, 0.05) is 44.7 Å². The number of para-hydroxylation sites is 2. The van der Waals surface area contributed by atoms with Crippen LogP contribution in [0.15, 0.2) is 122 Å². The molecule has 48 heavy (non-hydrogen) atoms. The van der Waals surface area contributed by atoms with E-state index in [2.05, 4.69) is 119 Å². The first-order valence-corrected chi connectivity index (χ1v) is 24.5. The molecule has 1 unspecified atom stereocenters. The van der Waals surface area contributed by atoms with Crippen molar-refractivity contribution in [1.29, 1.82) is 0 Å². The van der Waals surface area contributed by atoms with E-state index in [4.69, 9.17) is 16.8 Å². The Kier molecular flexibility index (Phi) is 8.43. The van der Waals surface area contributed by atoms with Crippen LogP contribution in [0.1, 0.15) is 0 Å². The fourth-order valence-corrected chi connectivity index (χ4v) is 23.5. The van der Waals surface area contributed by atoms with Gasteiger partial charge in [0.2, 0.25) is 0 Å². The fourth-order valence-electron chi connectivity index (χ4n) is 7.12. The van der Waals surface area contributed by atoms with Crippen molar-refractivity contribution in [2.24, 2.45) is 0 Å². The van der Waals surface area contributed by atoms with E-state index >= 15 is 0 Å². The van der Waals surface area contributed by atoms with E-state index in [9.17, 15) is 0 Å². The fraction of sp³-hybridized carbons (Fsp3) is 0.105. The number of benzene rings is 4. The molecule has 7 aromatic rings. The molecule has 0 bridgehead atoms. The number of hydrogen-bond donors (Lipinski definition) is 0. The molecule has 4 aromatic carbocycles. The molecule has 0 N–H and O–H groups in total. The predicted molar refractivity (Wildman–Crippen MR) is 204 cm³/mol. The maximum atomic E-state index is 6.84. The number of rotatable bonds is 2. The summed E-state index contributed by atoms with van der Waals surface area (Å²) in [6.45, 7) is 9.96. The number of pyridine rings is 1. The van der Waals surface area contributed by atoms with Crippen LogP contribution >= 0.6 is 6.04 Å². The summed E-state index contributed by atoms with van der Waals surface area (Å²) >= 11 is 6.84. The Labute approximate surface area is 301 Å². The topological polar surface area (TPSA) is 65.7 Å². The summed E-state index contributed by atoms with van der Waals surface area (Å²) < 4.78 is 0. The summed E-state index contributed by atoms with van der Waals surface area (Å²) in [4.78, 5) is 21.6. The summed E-state index contributed by atoms with van der Waals surface area (Å²) in [6.07, 6.45) is 5.25. The first-order valence-electron chi connectivity index (χ1n) is 15.7. The van der Waals surface area contributed by atoms with Crippen molar-refractivity contribution >= 4 is 81.7 Å². The molecule has 0 fully saturated rings. The molecule has 2 aliphatic heterocycles. The molecule has 0 saturated carbocycles. The van der Waals surface area contributed by atoms with Crippen LogP contribution in [-0.2, 0) is 31.9 Å². The van der Waals surface area contributed by atoms with E-state index in [0.717, 1.165) is 22.3 Å². The third-order valence-corrected chi connectivity index (χ3v) is 22.3. The van der Waals surface area contributed by atoms with Crippen molar-refractivity contribution < 1.29 is 20.1 Å². The van der Waals surface area contributed by atoms with Crippen molar-refractivity contribution in [3.05, 3.63) is 128 Å². The zero-order chi connectivity index (χ0) is 32.4. The number of fused-ring (bicyclic) bond motifs is 5. The molecule has 0 amide bonds. The van der Waals surface area contributed by atoms with Crippen molar-refractivity contribution in [2.75, 3.05) is 0 Å². The Morgan fingerprint density at radius 3 is 1.94 bits per heavy atom. The molecule has 1 atom stereocenters. The van der Waals surface area contributed by atoms with Gasteiger partial charge >= 0.3 is 0 Å². The smallest absolute Gasteiger partial charge is 0.150 e. The summed E-state index contributed by atoms with van der Waals surface area (Å²) in [5.74, 6) is 1.14. The molecule has 2 aliphatic rings. The zero-order valence-electron chi connectivity index (χ0n) is 27.0. The standard InChI is InChI=1S/C27H25NPSSi2.C11H7N4.Ir/c1-31(2)23-14-7-5-12-21(23)29(30)22-13-6-8-15-24(22)32(3,4)26-18-19(17-25(31)27(26)29)20-11-9-10-16-28-20;1-2-5-9-8(4-1)14-11(15-9)10-12-6-3-7-13-10;/h5-17H,1-4H3;1-7H;/q2*-1;. The first kappa shape index (κ1) is 32.8. The second-order valence-electron chi connectivity index (χ2n) is 13.0. The maximum Gasteiger partial charge on any atom is 0.150 e.